The molecule has 2 heterocycles. The van der Waals surface area contributed by atoms with Gasteiger partial charge in [0, 0.05) is 11.8 Å². The molecule has 3 rings (SSSR count). The average molecular weight is 280 g/mol. The van der Waals surface area contributed by atoms with Gasteiger partial charge in [-0.25, -0.2) is 4.99 Å². The minimum Gasteiger partial charge on any atom is -0.507 e. The summed E-state index contributed by atoms with van der Waals surface area (Å²) in [6.07, 6.45) is 1.67. The van der Waals surface area contributed by atoms with Crippen molar-refractivity contribution in [3.63, 3.8) is 0 Å². The second kappa shape index (κ2) is 5.24. The molecule has 0 spiro atoms. The van der Waals surface area contributed by atoms with Crippen LogP contribution in [0.25, 0.3) is 0 Å². The molecule has 6 heteroatoms. The third kappa shape index (κ3) is 2.43. The summed E-state index contributed by atoms with van der Waals surface area (Å²) >= 11 is 0. The maximum absolute atomic E-state index is 10.6. The molecule has 0 saturated heterocycles. The van der Waals surface area contributed by atoms with E-state index in [-0.39, 0.29) is 17.5 Å². The van der Waals surface area contributed by atoms with Gasteiger partial charge in [0.05, 0.1) is 11.8 Å². The highest BCUT2D eigenvalue weighted by atomic mass is 16.3. The number of pyridine rings is 1. The summed E-state index contributed by atoms with van der Waals surface area (Å²) in [6, 6.07) is 9.66. The lowest BCUT2D eigenvalue weighted by molar-refractivity contribution is 0.474. The number of aliphatic imine (C=N–C) groups is 2. The van der Waals surface area contributed by atoms with Crippen LogP contribution in [0.5, 0.6) is 5.75 Å². The lowest BCUT2D eigenvalue weighted by atomic mass is 10.0. The minimum absolute atomic E-state index is 0.0467. The van der Waals surface area contributed by atoms with Gasteiger partial charge in [0.2, 0.25) is 0 Å². The van der Waals surface area contributed by atoms with Gasteiger partial charge in [0.25, 0.3) is 0 Å². The molecule has 104 valence electrons. The Morgan fingerprint density at radius 3 is 2.81 bits per heavy atom. The zero-order valence-electron chi connectivity index (χ0n) is 11.3. The Balaban J connectivity index is 2.03. The van der Waals surface area contributed by atoms with E-state index < -0.39 is 0 Å². The SMILES string of the molecule is CC1N=C(c2ccccn2)N=C1c1cc(N=O)ccc1O. The number of rotatable bonds is 3. The lowest BCUT2D eigenvalue weighted by Crippen LogP contribution is -2.12. The van der Waals surface area contributed by atoms with E-state index >= 15 is 0 Å². The molecule has 0 radical (unpaired) electrons. The van der Waals surface area contributed by atoms with E-state index in [4.69, 9.17) is 0 Å². The monoisotopic (exact) mass is 280 g/mol. The number of phenolic OH excluding ortho intramolecular Hbond substituents is 1. The molecule has 21 heavy (non-hydrogen) atoms. The summed E-state index contributed by atoms with van der Waals surface area (Å²) in [6.45, 7) is 1.87. The summed E-state index contributed by atoms with van der Waals surface area (Å²) in [5, 5.41) is 12.9. The highest BCUT2D eigenvalue weighted by Crippen LogP contribution is 2.27. The Kier molecular flexibility index (Phi) is 3.27. The molecular formula is C15H12N4O2. The van der Waals surface area contributed by atoms with Crippen molar-refractivity contribution < 1.29 is 5.11 Å². The van der Waals surface area contributed by atoms with Gasteiger partial charge in [-0.2, -0.15) is 0 Å². The molecule has 2 aromatic rings. The molecule has 0 aliphatic carbocycles. The van der Waals surface area contributed by atoms with E-state index in [9.17, 15) is 10.0 Å². The fourth-order valence-corrected chi connectivity index (χ4v) is 2.17. The van der Waals surface area contributed by atoms with E-state index in [1.54, 1.807) is 6.20 Å². The highest BCUT2D eigenvalue weighted by molar-refractivity contribution is 6.19. The Morgan fingerprint density at radius 2 is 2.10 bits per heavy atom. The van der Waals surface area contributed by atoms with Gasteiger partial charge in [-0.05, 0) is 42.4 Å². The van der Waals surface area contributed by atoms with Gasteiger partial charge < -0.3 is 5.11 Å². The molecule has 6 nitrogen and oxygen atoms in total. The van der Waals surface area contributed by atoms with Crippen LogP contribution in [0.4, 0.5) is 5.69 Å². The fourth-order valence-electron chi connectivity index (χ4n) is 2.17. The van der Waals surface area contributed by atoms with Crippen molar-refractivity contribution in [2.75, 3.05) is 0 Å². The van der Waals surface area contributed by atoms with E-state index in [0.29, 0.717) is 22.8 Å². The third-order valence-corrected chi connectivity index (χ3v) is 3.19. The van der Waals surface area contributed by atoms with Crippen molar-refractivity contribution in [2.24, 2.45) is 15.2 Å². The number of nitrogens with zero attached hydrogens (tertiary/aromatic N) is 4. The van der Waals surface area contributed by atoms with Gasteiger partial charge in [-0.3, -0.25) is 9.98 Å². The summed E-state index contributed by atoms with van der Waals surface area (Å²) in [7, 11) is 0. The van der Waals surface area contributed by atoms with Gasteiger partial charge in [-0.15, -0.1) is 4.91 Å². The molecule has 1 aliphatic heterocycles. The Hall–Kier alpha value is -2.89. The smallest absolute Gasteiger partial charge is 0.174 e. The molecule has 1 aliphatic rings. The van der Waals surface area contributed by atoms with Crippen LogP contribution < -0.4 is 0 Å². The van der Waals surface area contributed by atoms with Crippen LogP contribution in [-0.2, 0) is 0 Å². The van der Waals surface area contributed by atoms with Crippen molar-refractivity contribution in [1.29, 1.82) is 0 Å². The molecule has 0 amide bonds. The van der Waals surface area contributed by atoms with E-state index in [1.165, 1.54) is 18.2 Å². The van der Waals surface area contributed by atoms with Crippen LogP contribution in [0.3, 0.4) is 0 Å². The second-order valence-corrected chi connectivity index (χ2v) is 4.63. The number of aromatic hydroxyl groups is 1. The molecular weight excluding hydrogens is 268 g/mol. The highest BCUT2D eigenvalue weighted by Gasteiger charge is 2.24. The Labute approximate surface area is 120 Å². The summed E-state index contributed by atoms with van der Waals surface area (Å²) in [4.78, 5) is 23.7. The zero-order valence-corrected chi connectivity index (χ0v) is 11.3. The second-order valence-electron chi connectivity index (χ2n) is 4.63. The average Bonchev–Trinajstić information content (AvgIpc) is 2.90. The molecule has 0 saturated carbocycles. The summed E-state index contributed by atoms with van der Waals surface area (Å²) in [5.74, 6) is 0.562. The van der Waals surface area contributed by atoms with Crippen LogP contribution in [-0.4, -0.2) is 27.7 Å². The first kappa shape index (κ1) is 13.1. The first-order valence-electron chi connectivity index (χ1n) is 6.43. The van der Waals surface area contributed by atoms with E-state index in [2.05, 4.69) is 20.1 Å². The van der Waals surface area contributed by atoms with Gasteiger partial charge in [-0.1, -0.05) is 6.07 Å². The quantitative estimate of drug-likeness (QED) is 0.877. The van der Waals surface area contributed by atoms with Crippen molar-refractivity contribution in [2.45, 2.75) is 13.0 Å². The molecule has 1 unspecified atom stereocenters. The van der Waals surface area contributed by atoms with Crippen LogP contribution >= 0.6 is 0 Å². The zero-order chi connectivity index (χ0) is 14.8. The fraction of sp³-hybridized carbons (Fsp3) is 0.133. The van der Waals surface area contributed by atoms with E-state index in [0.717, 1.165) is 0 Å². The van der Waals surface area contributed by atoms with Crippen molar-refractivity contribution in [3.05, 3.63) is 58.8 Å². The minimum atomic E-state index is -0.227. The number of hydrogen-bond acceptors (Lipinski definition) is 6. The molecule has 0 fully saturated rings. The molecule has 0 bridgehead atoms. The third-order valence-electron chi connectivity index (χ3n) is 3.19. The number of phenols is 1. The predicted molar refractivity (Wildman–Crippen MR) is 80.3 cm³/mol. The maximum atomic E-state index is 10.6. The molecule has 1 atom stereocenters. The van der Waals surface area contributed by atoms with E-state index in [1.807, 2.05) is 25.1 Å². The number of benzene rings is 1. The maximum Gasteiger partial charge on any atom is 0.174 e. The van der Waals surface area contributed by atoms with Gasteiger partial charge in [0.15, 0.2) is 5.84 Å². The molecule has 1 N–H and O–H groups in total. The van der Waals surface area contributed by atoms with Crippen LogP contribution in [0, 0.1) is 4.91 Å². The largest absolute Gasteiger partial charge is 0.507 e. The van der Waals surface area contributed by atoms with Crippen molar-refractivity contribution in [3.8, 4) is 5.75 Å². The normalized spacial score (nSPS) is 17.3. The first-order chi connectivity index (χ1) is 10.2. The summed E-state index contributed by atoms with van der Waals surface area (Å²) in [5.41, 5.74) is 1.97. The predicted octanol–water partition coefficient (Wildman–Crippen LogP) is 2.82. The van der Waals surface area contributed by atoms with Crippen molar-refractivity contribution >= 4 is 17.2 Å². The Bertz CT molecular complexity index is 754. The number of aromatic nitrogens is 1. The molecule has 1 aromatic carbocycles. The van der Waals surface area contributed by atoms with Crippen LogP contribution in [0.2, 0.25) is 0 Å². The standard InChI is InChI=1S/C15H12N4O2/c1-9-14(11-8-10(19-21)5-6-13(11)20)18-15(17-9)12-4-2-3-7-16-12/h2-9,20H,1H3. The molecule has 1 aromatic heterocycles. The Morgan fingerprint density at radius 1 is 1.24 bits per heavy atom. The van der Waals surface area contributed by atoms with Crippen LogP contribution in [0.1, 0.15) is 18.2 Å². The lowest BCUT2D eigenvalue weighted by Gasteiger charge is -2.07. The van der Waals surface area contributed by atoms with Gasteiger partial charge >= 0.3 is 0 Å². The van der Waals surface area contributed by atoms with Crippen LogP contribution in [0.15, 0.2) is 57.8 Å². The topological polar surface area (TPSA) is 87.3 Å². The summed E-state index contributed by atoms with van der Waals surface area (Å²) < 4.78 is 0. The number of nitroso groups, excluding NO2 is 1. The van der Waals surface area contributed by atoms with Gasteiger partial charge in [0.1, 0.15) is 17.1 Å². The first-order valence-corrected chi connectivity index (χ1v) is 6.43. The van der Waals surface area contributed by atoms with Crippen molar-refractivity contribution in [1.82, 2.24) is 4.98 Å². The number of hydrogen-bond donors (Lipinski definition) is 1. The number of amidine groups is 1.